The molecule has 0 aromatic carbocycles. The minimum atomic E-state index is -1.03. The summed E-state index contributed by atoms with van der Waals surface area (Å²) in [6.07, 6.45) is 1.28. The van der Waals surface area contributed by atoms with Crippen LogP contribution in [0.2, 0.25) is 0 Å². The standard InChI is InChI=1S/C12H14N2O3S/c1-7(15)18-6-10(16)11(17)8-2-4-13-12-9(8)3-5-14-12/h2-5,10-11,16-17H,6H2,1H3,(H,13,14). The summed E-state index contributed by atoms with van der Waals surface area (Å²) in [6, 6.07) is 3.47. The molecule has 0 bridgehead atoms. The smallest absolute Gasteiger partial charge is 0.185 e. The van der Waals surface area contributed by atoms with Gasteiger partial charge in [-0.2, -0.15) is 0 Å². The first-order chi connectivity index (χ1) is 8.59. The molecule has 0 aliphatic heterocycles. The average Bonchev–Trinajstić information content (AvgIpc) is 2.82. The molecule has 0 spiro atoms. The number of aromatic nitrogens is 2. The van der Waals surface area contributed by atoms with Crippen LogP contribution < -0.4 is 0 Å². The van der Waals surface area contributed by atoms with Crippen molar-refractivity contribution in [3.05, 3.63) is 30.1 Å². The number of pyridine rings is 1. The second-order valence-electron chi connectivity index (χ2n) is 3.95. The molecule has 0 saturated carbocycles. The van der Waals surface area contributed by atoms with Crippen LogP contribution in [-0.2, 0) is 4.79 Å². The summed E-state index contributed by atoms with van der Waals surface area (Å²) in [7, 11) is 0. The van der Waals surface area contributed by atoms with Crippen LogP contribution >= 0.6 is 11.8 Å². The van der Waals surface area contributed by atoms with Crippen molar-refractivity contribution in [3.8, 4) is 0 Å². The number of rotatable bonds is 4. The summed E-state index contributed by atoms with van der Waals surface area (Å²) < 4.78 is 0. The molecular formula is C12H14N2O3S. The Kier molecular flexibility index (Phi) is 4.00. The molecule has 2 unspecified atom stereocenters. The van der Waals surface area contributed by atoms with Gasteiger partial charge in [0.25, 0.3) is 0 Å². The van der Waals surface area contributed by atoms with Gasteiger partial charge in [0.1, 0.15) is 11.8 Å². The first kappa shape index (κ1) is 13.1. The second kappa shape index (κ2) is 5.51. The highest BCUT2D eigenvalue weighted by molar-refractivity contribution is 8.13. The topological polar surface area (TPSA) is 86.2 Å². The lowest BCUT2D eigenvalue weighted by Gasteiger charge is -2.17. The van der Waals surface area contributed by atoms with Gasteiger partial charge in [-0.25, -0.2) is 4.98 Å². The molecule has 5 nitrogen and oxygen atoms in total. The molecule has 3 N–H and O–H groups in total. The third-order valence-electron chi connectivity index (χ3n) is 2.63. The van der Waals surface area contributed by atoms with E-state index in [2.05, 4.69) is 9.97 Å². The van der Waals surface area contributed by atoms with Gasteiger partial charge >= 0.3 is 0 Å². The molecule has 0 aliphatic rings. The minimum absolute atomic E-state index is 0.0808. The van der Waals surface area contributed by atoms with Gasteiger partial charge in [0.2, 0.25) is 0 Å². The fraction of sp³-hybridized carbons (Fsp3) is 0.333. The molecule has 6 heteroatoms. The fourth-order valence-corrected chi connectivity index (χ4v) is 2.33. The molecule has 0 fully saturated rings. The zero-order valence-electron chi connectivity index (χ0n) is 9.83. The van der Waals surface area contributed by atoms with Crippen molar-refractivity contribution >= 4 is 27.9 Å². The number of H-pyrrole nitrogens is 1. The summed E-state index contributed by atoms with van der Waals surface area (Å²) in [4.78, 5) is 17.9. The number of hydrogen-bond acceptors (Lipinski definition) is 5. The normalized spacial score (nSPS) is 14.6. The number of carbonyl (C=O) groups excluding carboxylic acids is 1. The molecule has 2 rings (SSSR count). The van der Waals surface area contributed by atoms with Gasteiger partial charge in [-0.1, -0.05) is 11.8 Å². The quantitative estimate of drug-likeness (QED) is 0.775. The van der Waals surface area contributed by atoms with Crippen LogP contribution in [0.25, 0.3) is 11.0 Å². The van der Waals surface area contributed by atoms with Crippen LogP contribution in [0.15, 0.2) is 24.5 Å². The molecule has 0 aliphatic carbocycles. The van der Waals surface area contributed by atoms with Crippen LogP contribution in [0.3, 0.4) is 0 Å². The molecule has 18 heavy (non-hydrogen) atoms. The highest BCUT2D eigenvalue weighted by atomic mass is 32.2. The maximum atomic E-state index is 10.8. The van der Waals surface area contributed by atoms with Crippen molar-refractivity contribution in [1.82, 2.24) is 9.97 Å². The zero-order valence-corrected chi connectivity index (χ0v) is 10.6. The van der Waals surface area contributed by atoms with Gasteiger partial charge in [-0.3, -0.25) is 4.79 Å². The van der Waals surface area contributed by atoms with Gasteiger partial charge in [-0.15, -0.1) is 0 Å². The molecule has 0 amide bonds. The number of aliphatic hydroxyl groups is 2. The lowest BCUT2D eigenvalue weighted by molar-refractivity contribution is -0.109. The van der Waals surface area contributed by atoms with Gasteiger partial charge in [0.15, 0.2) is 5.12 Å². The Morgan fingerprint density at radius 1 is 1.50 bits per heavy atom. The van der Waals surface area contributed by atoms with Gasteiger partial charge in [0.05, 0.1) is 6.10 Å². The van der Waals surface area contributed by atoms with Crippen molar-refractivity contribution < 1.29 is 15.0 Å². The van der Waals surface area contributed by atoms with Crippen molar-refractivity contribution in [2.75, 3.05) is 5.75 Å². The first-order valence-corrected chi connectivity index (χ1v) is 6.49. The predicted octanol–water partition coefficient (Wildman–Crippen LogP) is 1.24. The van der Waals surface area contributed by atoms with E-state index < -0.39 is 12.2 Å². The Labute approximate surface area is 108 Å². The van der Waals surface area contributed by atoms with E-state index in [1.165, 1.54) is 6.92 Å². The van der Waals surface area contributed by atoms with E-state index in [0.29, 0.717) is 11.2 Å². The van der Waals surface area contributed by atoms with Gasteiger partial charge in [-0.05, 0) is 17.7 Å². The maximum Gasteiger partial charge on any atom is 0.185 e. The first-order valence-electron chi connectivity index (χ1n) is 5.51. The van der Waals surface area contributed by atoms with E-state index in [0.717, 1.165) is 17.1 Å². The largest absolute Gasteiger partial charge is 0.389 e. The minimum Gasteiger partial charge on any atom is -0.389 e. The van der Waals surface area contributed by atoms with Gasteiger partial charge < -0.3 is 15.2 Å². The Bertz CT molecular complexity index is 555. The summed E-state index contributed by atoms with van der Waals surface area (Å²) in [5, 5.41) is 20.7. The second-order valence-corrected chi connectivity index (χ2v) is 5.15. The number of fused-ring (bicyclic) bond motifs is 1. The number of hydrogen-bond donors (Lipinski definition) is 3. The predicted molar refractivity (Wildman–Crippen MR) is 70.2 cm³/mol. The fourth-order valence-electron chi connectivity index (χ4n) is 1.74. The van der Waals surface area contributed by atoms with Crippen LogP contribution in [-0.4, -0.2) is 37.2 Å². The molecule has 96 valence electrons. The van der Waals surface area contributed by atoms with E-state index in [9.17, 15) is 15.0 Å². The number of nitrogens with one attached hydrogen (secondary N) is 1. The van der Waals surface area contributed by atoms with E-state index in [4.69, 9.17) is 0 Å². The van der Waals surface area contributed by atoms with Crippen LogP contribution in [0.1, 0.15) is 18.6 Å². The third-order valence-corrected chi connectivity index (χ3v) is 3.55. The Balaban J connectivity index is 2.19. The number of carbonyl (C=O) groups is 1. The summed E-state index contributed by atoms with van der Waals surface area (Å²) in [5.41, 5.74) is 1.27. The Morgan fingerprint density at radius 3 is 3.00 bits per heavy atom. The molecule has 2 heterocycles. The summed E-state index contributed by atoms with van der Waals surface area (Å²) >= 11 is 0.997. The molecule has 2 aromatic rings. The van der Waals surface area contributed by atoms with Crippen LogP contribution in [0.5, 0.6) is 0 Å². The molecule has 2 atom stereocenters. The van der Waals surface area contributed by atoms with E-state index in [1.807, 2.05) is 0 Å². The van der Waals surface area contributed by atoms with Crippen molar-refractivity contribution in [2.24, 2.45) is 0 Å². The number of nitrogens with zero attached hydrogens (tertiary/aromatic N) is 1. The van der Waals surface area contributed by atoms with Crippen molar-refractivity contribution in [3.63, 3.8) is 0 Å². The molecular weight excluding hydrogens is 252 g/mol. The average molecular weight is 266 g/mol. The van der Waals surface area contributed by atoms with Crippen LogP contribution in [0, 0.1) is 0 Å². The summed E-state index contributed by atoms with van der Waals surface area (Å²) in [5.74, 6) is 0.171. The highest BCUT2D eigenvalue weighted by Crippen LogP contribution is 2.25. The highest BCUT2D eigenvalue weighted by Gasteiger charge is 2.21. The summed E-state index contributed by atoms with van der Waals surface area (Å²) in [6.45, 7) is 1.43. The number of aliphatic hydroxyl groups excluding tert-OH is 2. The molecule has 0 saturated heterocycles. The lowest BCUT2D eigenvalue weighted by Crippen LogP contribution is -2.21. The van der Waals surface area contributed by atoms with E-state index >= 15 is 0 Å². The molecule has 2 aromatic heterocycles. The van der Waals surface area contributed by atoms with Crippen molar-refractivity contribution in [1.29, 1.82) is 0 Å². The zero-order chi connectivity index (χ0) is 13.1. The Hall–Kier alpha value is -1.37. The lowest BCUT2D eigenvalue weighted by atomic mass is 10.0. The number of aromatic amines is 1. The van der Waals surface area contributed by atoms with Crippen LogP contribution in [0.4, 0.5) is 0 Å². The Morgan fingerprint density at radius 2 is 2.28 bits per heavy atom. The molecule has 0 radical (unpaired) electrons. The van der Waals surface area contributed by atoms with Crippen molar-refractivity contribution in [2.45, 2.75) is 19.1 Å². The monoisotopic (exact) mass is 266 g/mol. The SMILES string of the molecule is CC(=O)SCC(O)C(O)c1ccnc2[nH]ccc12. The van der Waals surface area contributed by atoms with E-state index in [-0.39, 0.29) is 10.9 Å². The maximum absolute atomic E-state index is 10.8. The third kappa shape index (κ3) is 2.72. The van der Waals surface area contributed by atoms with Gasteiger partial charge in [0, 0.05) is 30.5 Å². The number of thioether (sulfide) groups is 1. The van der Waals surface area contributed by atoms with E-state index in [1.54, 1.807) is 24.5 Å².